The Bertz CT molecular complexity index is 350. The summed E-state index contributed by atoms with van der Waals surface area (Å²) in [7, 11) is 0. The van der Waals surface area contributed by atoms with Crippen molar-refractivity contribution in [3.63, 3.8) is 0 Å². The maximum absolute atomic E-state index is 2.59. The highest BCUT2D eigenvalue weighted by Gasteiger charge is 2.66. The van der Waals surface area contributed by atoms with Crippen molar-refractivity contribution in [3.8, 4) is 0 Å². The van der Waals surface area contributed by atoms with Crippen LogP contribution < -0.4 is 0 Å². The second-order valence-corrected chi connectivity index (χ2v) is 9.30. The van der Waals surface area contributed by atoms with E-state index in [2.05, 4.69) is 32.5 Å². The predicted octanol–water partition coefficient (Wildman–Crippen LogP) is 5.08. The maximum atomic E-state index is 2.59. The van der Waals surface area contributed by atoms with E-state index >= 15 is 0 Å². The normalized spacial score (nSPS) is 57.9. The minimum Gasteiger partial charge on any atom is -0.158 e. The van der Waals surface area contributed by atoms with Crippen LogP contribution in [0.2, 0.25) is 0 Å². The van der Waals surface area contributed by atoms with Crippen LogP contribution >= 0.6 is 11.8 Å². The summed E-state index contributed by atoms with van der Waals surface area (Å²) < 4.78 is 0. The summed E-state index contributed by atoms with van der Waals surface area (Å²) in [5.41, 5.74) is 0. The molecule has 9 unspecified atom stereocenters. The van der Waals surface area contributed by atoms with E-state index in [1.807, 2.05) is 0 Å². The van der Waals surface area contributed by atoms with Crippen molar-refractivity contribution < 1.29 is 0 Å². The smallest absolute Gasteiger partial charge is 0.00810 e. The van der Waals surface area contributed by atoms with Crippen molar-refractivity contribution in [2.24, 2.45) is 47.3 Å². The van der Waals surface area contributed by atoms with Crippen molar-refractivity contribution in [2.75, 3.05) is 5.75 Å². The van der Waals surface area contributed by atoms with E-state index in [-0.39, 0.29) is 0 Å². The Morgan fingerprint density at radius 2 is 1.79 bits per heavy atom. The van der Waals surface area contributed by atoms with Crippen LogP contribution in [-0.2, 0) is 0 Å². The number of thioether (sulfide) groups is 1. The maximum Gasteiger partial charge on any atom is 0.00810 e. The van der Waals surface area contributed by atoms with Gasteiger partial charge in [-0.05, 0) is 78.8 Å². The minimum atomic E-state index is 1.05. The number of rotatable bonds is 4. The van der Waals surface area contributed by atoms with Crippen LogP contribution in [0.1, 0.15) is 52.9 Å². The monoisotopic (exact) mass is 278 g/mol. The molecule has 0 heterocycles. The quantitative estimate of drug-likeness (QED) is 0.646. The molecular formula is C18H30S. The largest absolute Gasteiger partial charge is 0.158 e. The van der Waals surface area contributed by atoms with Gasteiger partial charge in [-0.25, -0.2) is 0 Å². The molecular weight excluding hydrogens is 248 g/mol. The molecule has 0 amide bonds. The summed E-state index contributed by atoms with van der Waals surface area (Å²) in [5, 5.41) is 1.05. The fourth-order valence-electron chi connectivity index (χ4n) is 7.12. The molecule has 1 heteroatoms. The highest BCUT2D eigenvalue weighted by molar-refractivity contribution is 7.99. The molecule has 4 aliphatic carbocycles. The topological polar surface area (TPSA) is 0 Å². The predicted molar refractivity (Wildman–Crippen MR) is 84.3 cm³/mol. The Morgan fingerprint density at radius 3 is 2.53 bits per heavy atom. The Morgan fingerprint density at radius 1 is 0.947 bits per heavy atom. The lowest BCUT2D eigenvalue weighted by molar-refractivity contribution is 0.0642. The van der Waals surface area contributed by atoms with Gasteiger partial charge >= 0.3 is 0 Å². The third kappa shape index (κ3) is 1.66. The molecule has 4 rings (SSSR count). The zero-order valence-corrected chi connectivity index (χ0v) is 13.7. The van der Waals surface area contributed by atoms with Crippen molar-refractivity contribution in [2.45, 2.75) is 58.1 Å². The van der Waals surface area contributed by atoms with E-state index in [0.717, 1.165) is 46.7 Å². The average molecular weight is 279 g/mol. The molecule has 9 atom stereocenters. The second-order valence-electron chi connectivity index (χ2n) is 7.95. The first-order valence-electron chi connectivity index (χ1n) is 8.87. The second kappa shape index (κ2) is 4.68. The molecule has 4 aliphatic rings. The summed E-state index contributed by atoms with van der Waals surface area (Å²) in [4.78, 5) is 0. The van der Waals surface area contributed by atoms with Gasteiger partial charge in [0.25, 0.3) is 0 Å². The third-order valence-corrected chi connectivity index (χ3v) is 9.13. The molecule has 19 heavy (non-hydrogen) atoms. The molecule has 0 aromatic rings. The summed E-state index contributed by atoms with van der Waals surface area (Å²) in [6.45, 7) is 7.38. The van der Waals surface area contributed by atoms with Gasteiger partial charge in [-0.15, -0.1) is 0 Å². The van der Waals surface area contributed by atoms with Gasteiger partial charge in [0.2, 0.25) is 0 Å². The molecule has 108 valence electrons. The molecule has 4 saturated carbocycles. The number of hydrogen-bond donors (Lipinski definition) is 0. The van der Waals surface area contributed by atoms with Crippen LogP contribution in [0.25, 0.3) is 0 Å². The van der Waals surface area contributed by atoms with E-state index in [1.54, 1.807) is 19.3 Å². The fraction of sp³-hybridized carbons (Fsp3) is 1.00. The van der Waals surface area contributed by atoms with E-state index in [4.69, 9.17) is 0 Å². The van der Waals surface area contributed by atoms with Gasteiger partial charge in [0.05, 0.1) is 0 Å². The highest BCUT2D eigenvalue weighted by Crippen LogP contribution is 2.71. The lowest BCUT2D eigenvalue weighted by atomic mass is 9.63. The van der Waals surface area contributed by atoms with Crippen LogP contribution in [0.4, 0.5) is 0 Å². The van der Waals surface area contributed by atoms with Crippen LogP contribution in [-0.4, -0.2) is 11.0 Å². The summed E-state index contributed by atoms with van der Waals surface area (Å²) in [6.07, 6.45) is 7.65. The van der Waals surface area contributed by atoms with Gasteiger partial charge in [-0.1, -0.05) is 27.2 Å². The van der Waals surface area contributed by atoms with Gasteiger partial charge in [0, 0.05) is 5.25 Å². The Kier molecular flexibility index (Phi) is 3.21. The Balaban J connectivity index is 1.54. The molecule has 0 N–H and O–H groups in total. The van der Waals surface area contributed by atoms with Crippen LogP contribution in [0.3, 0.4) is 0 Å². The van der Waals surface area contributed by atoms with Crippen molar-refractivity contribution in [1.82, 2.24) is 0 Å². The van der Waals surface area contributed by atoms with E-state index < -0.39 is 0 Å². The van der Waals surface area contributed by atoms with Gasteiger partial charge in [0.15, 0.2) is 0 Å². The SMILES string of the molecule is CCCSC1CC2CC1C1C3CC(C(CC)C3C)C21. The summed E-state index contributed by atoms with van der Waals surface area (Å²) >= 11 is 2.33. The summed E-state index contributed by atoms with van der Waals surface area (Å²) in [5.74, 6) is 10.4. The van der Waals surface area contributed by atoms with Gasteiger partial charge < -0.3 is 0 Å². The fourth-order valence-corrected chi connectivity index (χ4v) is 8.59. The van der Waals surface area contributed by atoms with Gasteiger partial charge in [-0.3, -0.25) is 0 Å². The molecule has 0 aromatic carbocycles. The van der Waals surface area contributed by atoms with Gasteiger partial charge in [0.1, 0.15) is 0 Å². The van der Waals surface area contributed by atoms with E-state index in [0.29, 0.717) is 0 Å². The Labute approximate surface area is 123 Å². The van der Waals surface area contributed by atoms with Crippen molar-refractivity contribution >= 4 is 11.8 Å². The molecule has 4 fully saturated rings. The standard InChI is InChI=1S/C18H30S/c1-4-6-19-16-8-11-7-15(16)18-13-9-14(17(11)18)12(5-2)10(13)3/h10-18H,4-9H2,1-3H3. The van der Waals surface area contributed by atoms with Crippen LogP contribution in [0.15, 0.2) is 0 Å². The minimum absolute atomic E-state index is 1.05. The lowest BCUT2D eigenvalue weighted by Gasteiger charge is -2.44. The highest BCUT2D eigenvalue weighted by atomic mass is 32.2. The van der Waals surface area contributed by atoms with Crippen molar-refractivity contribution in [1.29, 1.82) is 0 Å². The first kappa shape index (κ1) is 13.0. The Hall–Kier alpha value is 0.350. The summed E-state index contributed by atoms with van der Waals surface area (Å²) in [6, 6.07) is 0. The molecule has 0 aliphatic heterocycles. The molecule has 0 spiro atoms. The third-order valence-electron chi connectivity index (χ3n) is 7.51. The number of hydrogen-bond acceptors (Lipinski definition) is 1. The molecule has 0 saturated heterocycles. The first-order valence-corrected chi connectivity index (χ1v) is 9.92. The van der Waals surface area contributed by atoms with E-state index in [9.17, 15) is 0 Å². The zero-order chi connectivity index (χ0) is 13.1. The molecule has 0 nitrogen and oxygen atoms in total. The first-order chi connectivity index (χ1) is 9.26. The van der Waals surface area contributed by atoms with Gasteiger partial charge in [-0.2, -0.15) is 11.8 Å². The lowest BCUT2D eigenvalue weighted by Crippen LogP contribution is -2.40. The average Bonchev–Trinajstić information content (AvgIpc) is 3.12. The van der Waals surface area contributed by atoms with Crippen LogP contribution in [0.5, 0.6) is 0 Å². The van der Waals surface area contributed by atoms with Crippen molar-refractivity contribution in [3.05, 3.63) is 0 Å². The van der Waals surface area contributed by atoms with Crippen LogP contribution in [0, 0.1) is 47.3 Å². The molecule has 0 aromatic heterocycles. The van der Waals surface area contributed by atoms with E-state index in [1.165, 1.54) is 24.5 Å². The number of fused-ring (bicyclic) bond motifs is 9. The molecule has 0 radical (unpaired) electrons. The zero-order valence-electron chi connectivity index (χ0n) is 12.8. The molecule has 4 bridgehead atoms.